The molecule has 1 aromatic rings. The zero-order chi connectivity index (χ0) is 15.7. The number of nitrogen functional groups attached to an aromatic ring is 1. The lowest BCUT2D eigenvalue weighted by atomic mass is 10.3. The minimum Gasteiger partial charge on any atom is -0.479 e. The first-order valence-corrected chi connectivity index (χ1v) is 6.96. The van der Waals surface area contributed by atoms with E-state index < -0.39 is 22.3 Å². The van der Waals surface area contributed by atoms with Crippen molar-refractivity contribution < 1.29 is 26.3 Å². The van der Waals surface area contributed by atoms with Crippen molar-refractivity contribution >= 4 is 15.7 Å². The molecule has 0 aliphatic carbocycles. The van der Waals surface area contributed by atoms with Gasteiger partial charge in [-0.05, 0) is 19.1 Å². The number of halogens is 3. The topological polar surface area (TPSA) is 72.6 Å². The molecule has 0 aliphatic heterocycles. The average molecular weight is 312 g/mol. The highest BCUT2D eigenvalue weighted by molar-refractivity contribution is 7.89. The fourth-order valence-corrected chi connectivity index (χ4v) is 2.33. The van der Waals surface area contributed by atoms with Crippen LogP contribution in [0.4, 0.5) is 18.9 Å². The molecule has 2 N–H and O–H groups in total. The van der Waals surface area contributed by atoms with Gasteiger partial charge in [-0.1, -0.05) is 6.07 Å². The van der Waals surface area contributed by atoms with Gasteiger partial charge in [0.25, 0.3) is 0 Å². The molecule has 9 heteroatoms. The first kappa shape index (κ1) is 16.6. The maximum absolute atomic E-state index is 12.4. The SMILES string of the molecule is CC(Oc1cccc(S(=O)(=O)N(C)C)c1N)C(F)(F)F. The summed E-state index contributed by atoms with van der Waals surface area (Å²) in [7, 11) is -1.27. The third-order valence-electron chi connectivity index (χ3n) is 2.55. The maximum atomic E-state index is 12.4. The van der Waals surface area contributed by atoms with E-state index in [-0.39, 0.29) is 16.3 Å². The van der Waals surface area contributed by atoms with E-state index in [0.29, 0.717) is 0 Å². The molecule has 114 valence electrons. The summed E-state index contributed by atoms with van der Waals surface area (Å²) in [5.41, 5.74) is 5.25. The van der Waals surface area contributed by atoms with Crippen LogP contribution in [0.2, 0.25) is 0 Å². The largest absolute Gasteiger partial charge is 0.479 e. The van der Waals surface area contributed by atoms with Gasteiger partial charge < -0.3 is 10.5 Å². The molecule has 0 amide bonds. The second kappa shape index (κ2) is 5.49. The Morgan fingerprint density at radius 1 is 1.30 bits per heavy atom. The third-order valence-corrected chi connectivity index (χ3v) is 4.42. The predicted molar refractivity (Wildman–Crippen MR) is 67.9 cm³/mol. The van der Waals surface area contributed by atoms with Gasteiger partial charge in [0.05, 0.1) is 5.69 Å². The summed E-state index contributed by atoms with van der Waals surface area (Å²) in [6.07, 6.45) is -6.66. The smallest absolute Gasteiger partial charge is 0.425 e. The number of nitrogens with zero attached hydrogens (tertiary/aromatic N) is 1. The number of para-hydroxylation sites is 1. The van der Waals surface area contributed by atoms with Gasteiger partial charge in [-0.3, -0.25) is 0 Å². The standard InChI is InChI=1S/C11H15F3N2O3S/c1-7(11(12,13)14)19-8-5-4-6-9(10(8)15)20(17,18)16(2)3/h4-7H,15H2,1-3H3. The van der Waals surface area contributed by atoms with Gasteiger partial charge in [0, 0.05) is 14.1 Å². The molecular weight excluding hydrogens is 297 g/mol. The number of hydrogen-bond acceptors (Lipinski definition) is 4. The van der Waals surface area contributed by atoms with E-state index in [2.05, 4.69) is 0 Å². The van der Waals surface area contributed by atoms with Crippen molar-refractivity contribution in [3.8, 4) is 5.75 Å². The molecule has 1 atom stereocenters. The van der Waals surface area contributed by atoms with E-state index in [4.69, 9.17) is 10.5 Å². The molecule has 5 nitrogen and oxygen atoms in total. The molecule has 0 saturated carbocycles. The number of rotatable bonds is 4. The summed E-state index contributed by atoms with van der Waals surface area (Å²) < 4.78 is 66.8. The van der Waals surface area contributed by atoms with Crippen LogP contribution in [0.5, 0.6) is 5.75 Å². The zero-order valence-corrected chi connectivity index (χ0v) is 11.9. The van der Waals surface area contributed by atoms with E-state index in [1.54, 1.807) is 0 Å². The Balaban J connectivity index is 3.22. The number of ether oxygens (including phenoxy) is 1. The molecule has 0 fully saturated rings. The van der Waals surface area contributed by atoms with Crippen LogP contribution in [-0.2, 0) is 10.0 Å². The fraction of sp³-hybridized carbons (Fsp3) is 0.455. The van der Waals surface area contributed by atoms with Crippen molar-refractivity contribution in [3.05, 3.63) is 18.2 Å². The monoisotopic (exact) mass is 312 g/mol. The minimum absolute atomic E-state index is 0.297. The van der Waals surface area contributed by atoms with E-state index in [1.807, 2.05) is 0 Å². The molecule has 0 aliphatic rings. The second-order valence-corrected chi connectivity index (χ2v) is 6.38. The molecular formula is C11H15F3N2O3S. The van der Waals surface area contributed by atoms with Gasteiger partial charge in [-0.15, -0.1) is 0 Å². The molecule has 20 heavy (non-hydrogen) atoms. The zero-order valence-electron chi connectivity index (χ0n) is 11.1. The minimum atomic E-state index is -4.57. The van der Waals surface area contributed by atoms with Crippen LogP contribution < -0.4 is 10.5 Å². The lowest BCUT2D eigenvalue weighted by Gasteiger charge is -2.20. The van der Waals surface area contributed by atoms with Crippen molar-refractivity contribution in [2.75, 3.05) is 19.8 Å². The third kappa shape index (κ3) is 3.34. The Morgan fingerprint density at radius 3 is 2.30 bits per heavy atom. The number of hydrogen-bond donors (Lipinski definition) is 1. The quantitative estimate of drug-likeness (QED) is 0.861. The summed E-state index contributed by atoms with van der Waals surface area (Å²) in [5.74, 6) is -0.322. The molecule has 1 unspecified atom stereocenters. The first-order valence-electron chi connectivity index (χ1n) is 5.52. The molecule has 0 saturated heterocycles. The fourth-order valence-electron chi connectivity index (χ4n) is 1.31. The van der Waals surface area contributed by atoms with Crippen LogP contribution in [0.3, 0.4) is 0 Å². The highest BCUT2D eigenvalue weighted by Gasteiger charge is 2.38. The molecule has 0 spiro atoms. The Kier molecular flexibility index (Phi) is 4.55. The molecule has 0 radical (unpaired) electrons. The number of sulfonamides is 1. The number of benzene rings is 1. The van der Waals surface area contributed by atoms with Crippen LogP contribution in [-0.4, -0.2) is 39.1 Å². The van der Waals surface area contributed by atoms with E-state index in [1.165, 1.54) is 32.3 Å². The Bertz CT molecular complexity index is 585. The molecule has 1 aromatic carbocycles. The number of anilines is 1. The van der Waals surface area contributed by atoms with Crippen molar-refractivity contribution in [1.82, 2.24) is 4.31 Å². The molecule has 1 rings (SSSR count). The Morgan fingerprint density at radius 2 is 1.85 bits per heavy atom. The van der Waals surface area contributed by atoms with Gasteiger partial charge in [-0.25, -0.2) is 12.7 Å². The summed E-state index contributed by atoms with van der Waals surface area (Å²) in [6.45, 7) is 0.812. The summed E-state index contributed by atoms with van der Waals surface area (Å²) in [5, 5.41) is 0. The number of alkyl halides is 3. The maximum Gasteiger partial charge on any atom is 0.425 e. The van der Waals surface area contributed by atoms with Gasteiger partial charge in [-0.2, -0.15) is 13.2 Å². The van der Waals surface area contributed by atoms with E-state index >= 15 is 0 Å². The second-order valence-electron chi connectivity index (χ2n) is 4.26. The Hall–Kier alpha value is -1.48. The lowest BCUT2D eigenvalue weighted by Crippen LogP contribution is -2.31. The van der Waals surface area contributed by atoms with Gasteiger partial charge in [0.15, 0.2) is 6.10 Å². The van der Waals surface area contributed by atoms with Crippen LogP contribution >= 0.6 is 0 Å². The summed E-state index contributed by atoms with van der Waals surface area (Å²) in [4.78, 5) is -0.297. The highest BCUT2D eigenvalue weighted by Crippen LogP contribution is 2.33. The van der Waals surface area contributed by atoms with Crippen LogP contribution in [0.25, 0.3) is 0 Å². The predicted octanol–water partition coefficient (Wildman–Crippen LogP) is 1.85. The van der Waals surface area contributed by atoms with E-state index in [9.17, 15) is 21.6 Å². The summed E-state index contributed by atoms with van der Waals surface area (Å²) >= 11 is 0. The summed E-state index contributed by atoms with van der Waals surface area (Å²) in [6, 6.07) is 3.66. The highest BCUT2D eigenvalue weighted by atomic mass is 32.2. The molecule has 0 aromatic heterocycles. The normalized spacial score (nSPS) is 14.3. The average Bonchev–Trinajstić information content (AvgIpc) is 2.29. The molecule has 0 heterocycles. The Labute approximate surface area is 115 Å². The van der Waals surface area contributed by atoms with E-state index in [0.717, 1.165) is 11.2 Å². The van der Waals surface area contributed by atoms with Gasteiger partial charge in [0.2, 0.25) is 10.0 Å². The van der Waals surface area contributed by atoms with Crippen LogP contribution in [0.1, 0.15) is 6.92 Å². The molecule has 0 bridgehead atoms. The lowest BCUT2D eigenvalue weighted by molar-refractivity contribution is -0.189. The van der Waals surface area contributed by atoms with Crippen molar-refractivity contribution in [1.29, 1.82) is 0 Å². The van der Waals surface area contributed by atoms with Crippen molar-refractivity contribution in [2.45, 2.75) is 24.1 Å². The van der Waals surface area contributed by atoms with Crippen LogP contribution in [0, 0.1) is 0 Å². The van der Waals surface area contributed by atoms with Crippen molar-refractivity contribution in [2.24, 2.45) is 0 Å². The van der Waals surface area contributed by atoms with Gasteiger partial charge >= 0.3 is 6.18 Å². The van der Waals surface area contributed by atoms with Crippen molar-refractivity contribution in [3.63, 3.8) is 0 Å². The first-order chi connectivity index (χ1) is 8.98. The number of nitrogens with two attached hydrogens (primary N) is 1. The van der Waals surface area contributed by atoms with Crippen LogP contribution in [0.15, 0.2) is 23.1 Å². The van der Waals surface area contributed by atoms with Gasteiger partial charge in [0.1, 0.15) is 10.6 Å².